The molecule has 8 heteroatoms. The maximum absolute atomic E-state index is 12.8. The molecule has 2 N–H and O–H groups in total. The highest BCUT2D eigenvalue weighted by Crippen LogP contribution is 2.17. The molecule has 3 heterocycles. The summed E-state index contributed by atoms with van der Waals surface area (Å²) in [4.78, 5) is 48.2. The molecule has 2 aromatic heterocycles. The number of nitrogens with zero attached hydrogens (tertiary/aromatic N) is 3. The molecule has 3 aromatic rings. The number of aromatic nitrogens is 2. The first kappa shape index (κ1) is 21.5. The van der Waals surface area contributed by atoms with Crippen LogP contribution >= 0.6 is 0 Å². The molecule has 1 saturated heterocycles. The number of carbonyl (C=O) groups excluding carboxylic acids is 3. The third-order valence-corrected chi connectivity index (χ3v) is 5.67. The van der Waals surface area contributed by atoms with Crippen LogP contribution in [0.25, 0.3) is 10.9 Å². The summed E-state index contributed by atoms with van der Waals surface area (Å²) >= 11 is 0. The van der Waals surface area contributed by atoms with E-state index in [4.69, 9.17) is 0 Å². The molecule has 4 rings (SSSR count). The van der Waals surface area contributed by atoms with Crippen molar-refractivity contribution in [1.82, 2.24) is 25.1 Å². The van der Waals surface area contributed by atoms with Gasteiger partial charge >= 0.3 is 0 Å². The number of fused-ring (bicyclic) bond motifs is 1. The Labute approximate surface area is 186 Å². The number of para-hydroxylation sites is 1. The molecule has 1 aliphatic heterocycles. The molecule has 0 unspecified atom stereocenters. The molecule has 0 bridgehead atoms. The van der Waals surface area contributed by atoms with E-state index in [1.165, 1.54) is 0 Å². The Morgan fingerprint density at radius 3 is 2.44 bits per heavy atom. The van der Waals surface area contributed by atoms with Gasteiger partial charge in [-0.1, -0.05) is 24.3 Å². The minimum atomic E-state index is -0.0859. The summed E-state index contributed by atoms with van der Waals surface area (Å²) in [5.41, 5.74) is 2.31. The van der Waals surface area contributed by atoms with Gasteiger partial charge in [-0.3, -0.25) is 19.4 Å². The normalized spacial score (nSPS) is 13.9. The van der Waals surface area contributed by atoms with Crippen molar-refractivity contribution in [2.24, 2.45) is 0 Å². The summed E-state index contributed by atoms with van der Waals surface area (Å²) in [5.74, 6) is -0.102. The summed E-state index contributed by atoms with van der Waals surface area (Å²) in [7, 11) is 0. The molecule has 166 valence electrons. The van der Waals surface area contributed by atoms with Crippen LogP contribution in [0.2, 0.25) is 0 Å². The van der Waals surface area contributed by atoms with Gasteiger partial charge in [0.2, 0.25) is 11.8 Å². The predicted octanol–water partition coefficient (Wildman–Crippen LogP) is 2.33. The molecule has 0 radical (unpaired) electrons. The Morgan fingerprint density at radius 2 is 1.69 bits per heavy atom. The number of rotatable bonds is 7. The topological polar surface area (TPSA) is 98.4 Å². The van der Waals surface area contributed by atoms with Crippen LogP contribution in [0.3, 0.4) is 0 Å². The van der Waals surface area contributed by atoms with Crippen molar-refractivity contribution in [2.45, 2.75) is 25.8 Å². The summed E-state index contributed by atoms with van der Waals surface area (Å²) in [6.45, 7) is 2.42. The van der Waals surface area contributed by atoms with Crippen molar-refractivity contribution in [1.29, 1.82) is 0 Å². The number of benzene rings is 1. The Hall–Kier alpha value is -3.68. The molecule has 0 atom stereocenters. The van der Waals surface area contributed by atoms with E-state index in [2.05, 4.69) is 15.3 Å². The van der Waals surface area contributed by atoms with E-state index in [1.807, 2.05) is 48.5 Å². The minimum absolute atomic E-state index is 0.0280. The molecule has 8 nitrogen and oxygen atoms in total. The first-order valence-electron chi connectivity index (χ1n) is 10.9. The average molecular weight is 434 g/mol. The zero-order valence-electron chi connectivity index (χ0n) is 17.9. The highest BCUT2D eigenvalue weighted by Gasteiger charge is 2.25. The van der Waals surface area contributed by atoms with Crippen molar-refractivity contribution in [3.8, 4) is 0 Å². The van der Waals surface area contributed by atoms with Gasteiger partial charge in [-0.2, -0.15) is 0 Å². The van der Waals surface area contributed by atoms with Crippen molar-refractivity contribution in [3.63, 3.8) is 0 Å². The average Bonchev–Trinajstić information content (AvgIpc) is 3.27. The lowest BCUT2D eigenvalue weighted by Crippen LogP contribution is -2.50. The van der Waals surface area contributed by atoms with Crippen LogP contribution in [0.15, 0.2) is 54.7 Å². The maximum atomic E-state index is 12.8. The Kier molecular flexibility index (Phi) is 6.79. The number of hydrogen-bond acceptors (Lipinski definition) is 4. The molecule has 1 fully saturated rings. The van der Waals surface area contributed by atoms with Gasteiger partial charge in [-0.25, -0.2) is 0 Å². The smallest absolute Gasteiger partial charge is 0.270 e. The summed E-state index contributed by atoms with van der Waals surface area (Å²) < 4.78 is 0. The van der Waals surface area contributed by atoms with E-state index in [0.717, 1.165) is 16.6 Å². The predicted molar refractivity (Wildman–Crippen MR) is 121 cm³/mol. The Bertz CT molecular complexity index is 1050. The van der Waals surface area contributed by atoms with Gasteiger partial charge in [0.05, 0.1) is 12.2 Å². The van der Waals surface area contributed by atoms with Crippen LogP contribution in [0.5, 0.6) is 0 Å². The van der Waals surface area contributed by atoms with Gasteiger partial charge < -0.3 is 20.1 Å². The van der Waals surface area contributed by atoms with Crippen LogP contribution in [0, 0.1) is 0 Å². The number of aromatic amines is 1. The van der Waals surface area contributed by atoms with Gasteiger partial charge in [-0.15, -0.1) is 0 Å². The van der Waals surface area contributed by atoms with Crippen LogP contribution in [0.1, 0.15) is 35.4 Å². The second-order valence-electron chi connectivity index (χ2n) is 7.89. The second-order valence-corrected chi connectivity index (χ2v) is 7.89. The van der Waals surface area contributed by atoms with E-state index < -0.39 is 0 Å². The number of nitrogens with one attached hydrogen (secondary N) is 2. The van der Waals surface area contributed by atoms with Gasteiger partial charge in [0.1, 0.15) is 5.69 Å². The molecule has 3 amide bonds. The fourth-order valence-electron chi connectivity index (χ4n) is 3.86. The highest BCUT2D eigenvalue weighted by molar-refractivity contribution is 5.98. The van der Waals surface area contributed by atoms with E-state index >= 15 is 0 Å². The lowest BCUT2D eigenvalue weighted by atomic mass is 10.2. The van der Waals surface area contributed by atoms with Crippen molar-refractivity contribution >= 4 is 28.6 Å². The molecule has 0 saturated carbocycles. The fraction of sp³-hybridized carbons (Fsp3) is 0.333. The quantitative estimate of drug-likeness (QED) is 0.598. The summed E-state index contributed by atoms with van der Waals surface area (Å²) in [6.07, 6.45) is 2.82. The first-order chi connectivity index (χ1) is 15.6. The minimum Gasteiger partial charge on any atom is -0.351 e. The van der Waals surface area contributed by atoms with E-state index in [9.17, 15) is 14.4 Å². The molecule has 32 heavy (non-hydrogen) atoms. The van der Waals surface area contributed by atoms with Crippen LogP contribution in [0.4, 0.5) is 0 Å². The van der Waals surface area contributed by atoms with Crippen LogP contribution < -0.4 is 5.32 Å². The SMILES string of the molecule is O=C(CCCC(=O)N1CCN(C(=O)c2cc3ccccc3[nH]2)CC1)NCc1ccccn1. The van der Waals surface area contributed by atoms with Crippen molar-refractivity contribution < 1.29 is 14.4 Å². The number of hydrogen-bond donors (Lipinski definition) is 2. The van der Waals surface area contributed by atoms with E-state index in [0.29, 0.717) is 57.7 Å². The maximum Gasteiger partial charge on any atom is 0.270 e. The molecule has 1 aromatic carbocycles. The van der Waals surface area contributed by atoms with Crippen molar-refractivity contribution in [2.75, 3.05) is 26.2 Å². The van der Waals surface area contributed by atoms with Gasteiger partial charge in [0.15, 0.2) is 0 Å². The number of pyridine rings is 1. The fourth-order valence-corrected chi connectivity index (χ4v) is 3.86. The summed E-state index contributed by atoms with van der Waals surface area (Å²) in [5, 5.41) is 3.83. The first-order valence-corrected chi connectivity index (χ1v) is 10.9. The van der Waals surface area contributed by atoms with Crippen molar-refractivity contribution in [3.05, 3.63) is 66.1 Å². The Balaban J connectivity index is 1.17. The number of amides is 3. The third-order valence-electron chi connectivity index (χ3n) is 5.67. The number of piperazine rings is 1. The molecule has 1 aliphatic rings. The molecular formula is C24H27N5O3. The lowest BCUT2D eigenvalue weighted by molar-refractivity contribution is -0.132. The van der Waals surface area contributed by atoms with Gasteiger partial charge in [0.25, 0.3) is 5.91 Å². The standard InChI is InChI=1S/C24H27N5O3/c30-22(26-17-19-7-3-4-11-25-19)9-5-10-23(31)28-12-14-29(15-13-28)24(32)21-16-18-6-1-2-8-20(18)27-21/h1-4,6-8,11,16,27H,5,9-10,12-15,17H2,(H,26,30). The monoisotopic (exact) mass is 433 g/mol. The highest BCUT2D eigenvalue weighted by atomic mass is 16.2. The largest absolute Gasteiger partial charge is 0.351 e. The second kappa shape index (κ2) is 10.1. The van der Waals surface area contributed by atoms with E-state index in [1.54, 1.807) is 16.0 Å². The number of carbonyl (C=O) groups is 3. The molecule has 0 spiro atoms. The lowest BCUT2D eigenvalue weighted by Gasteiger charge is -2.34. The Morgan fingerprint density at radius 1 is 0.938 bits per heavy atom. The number of H-pyrrole nitrogens is 1. The van der Waals surface area contributed by atoms with Crippen LogP contribution in [-0.4, -0.2) is 63.7 Å². The summed E-state index contributed by atoms with van der Waals surface area (Å²) in [6, 6.07) is 15.2. The zero-order chi connectivity index (χ0) is 22.3. The zero-order valence-corrected chi connectivity index (χ0v) is 17.9. The van der Waals surface area contributed by atoms with E-state index in [-0.39, 0.29) is 17.7 Å². The van der Waals surface area contributed by atoms with Gasteiger partial charge in [0, 0.05) is 56.1 Å². The molecular weight excluding hydrogens is 406 g/mol. The third kappa shape index (κ3) is 5.32. The van der Waals surface area contributed by atoms with Gasteiger partial charge in [-0.05, 0) is 30.7 Å². The van der Waals surface area contributed by atoms with Crippen LogP contribution in [-0.2, 0) is 16.1 Å². The molecule has 0 aliphatic carbocycles.